The molecule has 2 aromatic heterocycles. The summed E-state index contributed by atoms with van der Waals surface area (Å²) in [7, 11) is -3.52. The van der Waals surface area contributed by atoms with Crippen LogP contribution in [0.25, 0.3) is 11.1 Å². The van der Waals surface area contributed by atoms with Crippen LogP contribution in [0, 0.1) is 0 Å². The second kappa shape index (κ2) is 8.86. The van der Waals surface area contributed by atoms with Gasteiger partial charge in [0.2, 0.25) is 15.9 Å². The molecule has 1 fully saturated rings. The molecule has 7 nitrogen and oxygen atoms in total. The van der Waals surface area contributed by atoms with Crippen LogP contribution in [0.4, 0.5) is 0 Å². The molecule has 1 N–H and O–H groups in total. The largest absolute Gasteiger partial charge is 0.431 e. The van der Waals surface area contributed by atoms with Crippen molar-refractivity contribution in [2.75, 3.05) is 18.8 Å². The molecule has 1 saturated heterocycles. The predicted octanol–water partition coefficient (Wildman–Crippen LogP) is 3.47. The van der Waals surface area contributed by atoms with Gasteiger partial charge in [-0.25, -0.2) is 13.4 Å². The number of benzene rings is 1. The van der Waals surface area contributed by atoms with Crippen molar-refractivity contribution < 1.29 is 17.6 Å². The fourth-order valence-electron chi connectivity index (χ4n) is 3.14. The third kappa shape index (κ3) is 4.82. The molecule has 0 spiro atoms. The van der Waals surface area contributed by atoms with Gasteiger partial charge in [-0.2, -0.15) is 4.31 Å². The lowest BCUT2D eigenvalue weighted by Crippen LogP contribution is -2.35. The Morgan fingerprint density at radius 3 is 2.83 bits per heavy atom. The van der Waals surface area contributed by atoms with E-state index in [1.165, 1.54) is 16.1 Å². The molecule has 3 aromatic rings. The van der Waals surface area contributed by atoms with Gasteiger partial charge in [0.25, 0.3) is 5.22 Å². The van der Waals surface area contributed by atoms with E-state index in [0.29, 0.717) is 36.0 Å². The zero-order valence-corrected chi connectivity index (χ0v) is 18.1. The van der Waals surface area contributed by atoms with Crippen molar-refractivity contribution in [1.29, 1.82) is 0 Å². The number of carbonyl (C=O) groups is 1. The monoisotopic (exact) mass is 451 g/mol. The van der Waals surface area contributed by atoms with Gasteiger partial charge in [-0.1, -0.05) is 24.2 Å². The van der Waals surface area contributed by atoms with Crippen LogP contribution in [0.2, 0.25) is 0 Å². The number of amides is 1. The Bertz CT molecular complexity index is 1090. The molecule has 3 heterocycles. The van der Waals surface area contributed by atoms with Gasteiger partial charge in [0, 0.05) is 18.0 Å². The van der Waals surface area contributed by atoms with Gasteiger partial charge in [0.1, 0.15) is 5.52 Å². The zero-order valence-electron chi connectivity index (χ0n) is 15.7. The van der Waals surface area contributed by atoms with E-state index in [2.05, 4.69) is 10.3 Å². The molecule has 0 bridgehead atoms. The average Bonchev–Trinajstić information content (AvgIpc) is 3.40. The lowest BCUT2D eigenvalue weighted by molar-refractivity contribution is -0.118. The van der Waals surface area contributed by atoms with Crippen LogP contribution >= 0.6 is 23.1 Å². The van der Waals surface area contributed by atoms with Crippen molar-refractivity contribution in [3.8, 4) is 0 Å². The summed E-state index contributed by atoms with van der Waals surface area (Å²) in [6.07, 6.45) is 2.84. The Morgan fingerprint density at radius 2 is 2.07 bits per heavy atom. The Kier molecular flexibility index (Phi) is 6.23. The van der Waals surface area contributed by atoms with Crippen LogP contribution in [-0.4, -0.2) is 42.5 Å². The Labute approximate surface area is 177 Å². The Hall–Kier alpha value is -1.88. The summed E-state index contributed by atoms with van der Waals surface area (Å²) in [5.74, 6) is 0.0657. The van der Waals surface area contributed by atoms with Crippen molar-refractivity contribution in [1.82, 2.24) is 14.6 Å². The predicted molar refractivity (Wildman–Crippen MR) is 114 cm³/mol. The molecule has 1 aliphatic rings. The molecular weight excluding hydrogens is 430 g/mol. The third-order valence-corrected chi connectivity index (χ3v) is 8.26. The standard InChI is InChI=1S/C19H21N3O4S3/c23-18(20-12-14-5-4-10-27-14)13-28-19-21-16-11-15(6-7-17(16)26-19)29(24,25)22-8-2-1-3-9-22/h4-7,10-11H,1-3,8-9,12-13H2,(H,20,23). The molecule has 1 aromatic carbocycles. The van der Waals surface area contributed by atoms with Gasteiger partial charge in [-0.3, -0.25) is 4.79 Å². The number of thioether (sulfide) groups is 1. The summed E-state index contributed by atoms with van der Waals surface area (Å²) in [5.41, 5.74) is 0.980. The molecule has 1 amide bonds. The van der Waals surface area contributed by atoms with Gasteiger partial charge in [-0.15, -0.1) is 11.3 Å². The van der Waals surface area contributed by atoms with E-state index < -0.39 is 10.0 Å². The first-order valence-corrected chi connectivity index (χ1v) is 12.7. The van der Waals surface area contributed by atoms with E-state index in [9.17, 15) is 13.2 Å². The van der Waals surface area contributed by atoms with Gasteiger partial charge < -0.3 is 9.73 Å². The number of nitrogens with zero attached hydrogens (tertiary/aromatic N) is 2. The fourth-order valence-corrected chi connectivity index (χ4v) is 5.99. The van der Waals surface area contributed by atoms with E-state index in [4.69, 9.17) is 4.42 Å². The second-order valence-corrected chi connectivity index (χ2v) is 10.6. The van der Waals surface area contributed by atoms with E-state index in [-0.39, 0.29) is 16.6 Å². The van der Waals surface area contributed by atoms with Gasteiger partial charge in [0.05, 0.1) is 17.2 Å². The van der Waals surface area contributed by atoms with E-state index in [1.54, 1.807) is 29.5 Å². The van der Waals surface area contributed by atoms with Crippen LogP contribution in [0.3, 0.4) is 0 Å². The summed E-state index contributed by atoms with van der Waals surface area (Å²) in [5, 5.41) is 5.16. The minimum absolute atomic E-state index is 0.112. The van der Waals surface area contributed by atoms with Crippen LogP contribution in [0.1, 0.15) is 24.1 Å². The minimum atomic E-state index is -3.52. The highest BCUT2D eigenvalue weighted by Gasteiger charge is 2.26. The number of fused-ring (bicyclic) bond motifs is 1. The number of rotatable bonds is 7. The summed E-state index contributed by atoms with van der Waals surface area (Å²) in [4.78, 5) is 17.7. The number of oxazole rings is 1. The molecule has 10 heteroatoms. The summed E-state index contributed by atoms with van der Waals surface area (Å²) in [6, 6.07) is 8.64. The zero-order chi connectivity index (χ0) is 20.3. The Morgan fingerprint density at radius 1 is 1.24 bits per heavy atom. The lowest BCUT2D eigenvalue weighted by Gasteiger charge is -2.25. The SMILES string of the molecule is O=C(CSc1nc2cc(S(=O)(=O)N3CCCCC3)ccc2o1)NCc1cccs1. The van der Waals surface area contributed by atoms with Gasteiger partial charge in [-0.05, 0) is 42.5 Å². The number of hydrogen-bond donors (Lipinski definition) is 1. The maximum atomic E-state index is 12.8. The van der Waals surface area contributed by atoms with E-state index in [1.807, 2.05) is 17.5 Å². The van der Waals surface area contributed by atoms with Crippen LogP contribution in [-0.2, 0) is 21.4 Å². The summed E-state index contributed by atoms with van der Waals surface area (Å²) in [6.45, 7) is 1.62. The van der Waals surface area contributed by atoms with E-state index in [0.717, 1.165) is 24.1 Å². The maximum absolute atomic E-state index is 12.8. The molecule has 4 rings (SSSR count). The van der Waals surface area contributed by atoms with Crippen molar-refractivity contribution in [3.05, 3.63) is 40.6 Å². The average molecular weight is 452 g/mol. The molecule has 1 aliphatic heterocycles. The topological polar surface area (TPSA) is 92.5 Å². The molecule has 0 aliphatic carbocycles. The summed E-state index contributed by atoms with van der Waals surface area (Å²) < 4.78 is 32.8. The first kappa shape index (κ1) is 20.4. The molecule has 29 heavy (non-hydrogen) atoms. The van der Waals surface area contributed by atoms with Crippen molar-refractivity contribution in [2.24, 2.45) is 0 Å². The van der Waals surface area contributed by atoms with Gasteiger partial charge >= 0.3 is 0 Å². The molecular formula is C19H21N3O4S3. The number of thiophene rings is 1. The second-order valence-electron chi connectivity index (χ2n) is 6.72. The van der Waals surface area contributed by atoms with Crippen molar-refractivity contribution in [3.63, 3.8) is 0 Å². The minimum Gasteiger partial charge on any atom is -0.431 e. The lowest BCUT2D eigenvalue weighted by atomic mass is 10.2. The van der Waals surface area contributed by atoms with Crippen LogP contribution in [0.15, 0.2) is 50.2 Å². The van der Waals surface area contributed by atoms with Crippen molar-refractivity contribution in [2.45, 2.75) is 35.9 Å². The first-order valence-electron chi connectivity index (χ1n) is 9.35. The molecule has 0 saturated carbocycles. The Balaban J connectivity index is 1.41. The molecule has 0 atom stereocenters. The van der Waals surface area contributed by atoms with Crippen LogP contribution < -0.4 is 5.32 Å². The number of nitrogens with one attached hydrogen (secondary N) is 1. The highest BCUT2D eigenvalue weighted by Crippen LogP contribution is 2.27. The normalized spacial score (nSPS) is 15.6. The number of aromatic nitrogens is 1. The molecule has 0 unspecified atom stereocenters. The number of hydrogen-bond acceptors (Lipinski definition) is 7. The molecule has 0 radical (unpaired) electrons. The highest BCUT2D eigenvalue weighted by atomic mass is 32.2. The van der Waals surface area contributed by atoms with E-state index >= 15 is 0 Å². The number of sulfonamides is 1. The smallest absolute Gasteiger partial charge is 0.257 e. The summed E-state index contributed by atoms with van der Waals surface area (Å²) >= 11 is 2.78. The highest BCUT2D eigenvalue weighted by molar-refractivity contribution is 7.99. The number of carbonyl (C=O) groups excluding carboxylic acids is 1. The number of piperidine rings is 1. The van der Waals surface area contributed by atoms with Gasteiger partial charge in [0.15, 0.2) is 5.58 Å². The third-order valence-electron chi connectivity index (χ3n) is 4.66. The fraction of sp³-hybridized carbons (Fsp3) is 0.368. The first-order chi connectivity index (χ1) is 14.0. The quantitative estimate of drug-likeness (QED) is 0.553. The molecule has 154 valence electrons. The van der Waals surface area contributed by atoms with Crippen molar-refractivity contribution >= 4 is 50.1 Å². The van der Waals surface area contributed by atoms with Crippen LogP contribution in [0.5, 0.6) is 0 Å². The maximum Gasteiger partial charge on any atom is 0.257 e.